The molecule has 124 valence electrons. The van der Waals surface area contributed by atoms with Gasteiger partial charge in [0.1, 0.15) is 11.5 Å². The van der Waals surface area contributed by atoms with E-state index < -0.39 is 5.91 Å². The molecule has 0 saturated carbocycles. The van der Waals surface area contributed by atoms with Crippen molar-refractivity contribution in [3.05, 3.63) is 46.4 Å². The van der Waals surface area contributed by atoms with Crippen LogP contribution in [0.2, 0.25) is 5.02 Å². The molecule has 24 heavy (non-hydrogen) atoms. The van der Waals surface area contributed by atoms with Crippen molar-refractivity contribution in [2.75, 3.05) is 11.9 Å². The quantitative estimate of drug-likeness (QED) is 0.676. The number of rotatable bonds is 4. The van der Waals surface area contributed by atoms with Crippen LogP contribution in [0, 0.1) is 13.8 Å². The number of halogens is 1. The maximum Gasteiger partial charge on any atom is 0.255 e. The molecule has 2 heterocycles. The number of amides is 2. The second kappa shape index (κ2) is 6.37. The van der Waals surface area contributed by atoms with Crippen LogP contribution >= 0.6 is 11.6 Å². The first-order chi connectivity index (χ1) is 11.5. The van der Waals surface area contributed by atoms with Gasteiger partial charge >= 0.3 is 0 Å². The molecule has 2 amide bonds. The van der Waals surface area contributed by atoms with Crippen molar-refractivity contribution in [2.24, 2.45) is 0 Å². The van der Waals surface area contributed by atoms with Gasteiger partial charge in [0.25, 0.3) is 5.91 Å². The van der Waals surface area contributed by atoms with Gasteiger partial charge in [0.2, 0.25) is 5.91 Å². The monoisotopic (exact) mass is 346 g/mol. The summed E-state index contributed by atoms with van der Waals surface area (Å²) < 4.78 is 5.30. The van der Waals surface area contributed by atoms with Crippen molar-refractivity contribution in [2.45, 2.75) is 13.8 Å². The Labute approximate surface area is 142 Å². The molecule has 3 N–H and O–H groups in total. The zero-order valence-corrected chi connectivity index (χ0v) is 13.8. The number of hydrogen-bond acceptors (Lipinski definition) is 4. The highest BCUT2D eigenvalue weighted by atomic mass is 35.5. The van der Waals surface area contributed by atoms with Crippen LogP contribution in [-0.4, -0.2) is 28.6 Å². The third kappa shape index (κ3) is 3.11. The lowest BCUT2D eigenvalue weighted by Gasteiger charge is -2.05. The van der Waals surface area contributed by atoms with Gasteiger partial charge in [0.15, 0.2) is 5.82 Å². The minimum absolute atomic E-state index is 0.183. The summed E-state index contributed by atoms with van der Waals surface area (Å²) in [6.07, 6.45) is 0. The fraction of sp³-hybridized carbons (Fsp3) is 0.188. The van der Waals surface area contributed by atoms with Crippen LogP contribution in [0.3, 0.4) is 0 Å². The molecule has 0 unspecified atom stereocenters. The van der Waals surface area contributed by atoms with E-state index >= 15 is 0 Å². The average molecular weight is 347 g/mol. The van der Waals surface area contributed by atoms with Gasteiger partial charge in [-0.25, -0.2) is 0 Å². The summed E-state index contributed by atoms with van der Waals surface area (Å²) in [4.78, 5) is 24.1. The van der Waals surface area contributed by atoms with Gasteiger partial charge in [-0.1, -0.05) is 17.7 Å². The second-order valence-electron chi connectivity index (χ2n) is 5.29. The van der Waals surface area contributed by atoms with Gasteiger partial charge in [-0.2, -0.15) is 5.10 Å². The average Bonchev–Trinajstić information content (AvgIpc) is 3.09. The number of aromatic nitrogens is 2. The Morgan fingerprint density at radius 2 is 2.12 bits per heavy atom. The summed E-state index contributed by atoms with van der Waals surface area (Å²) in [6.45, 7) is 3.27. The molecule has 0 aliphatic carbocycles. The Balaban J connectivity index is 1.64. The van der Waals surface area contributed by atoms with Gasteiger partial charge in [-0.05, 0) is 32.0 Å². The Kier molecular flexibility index (Phi) is 4.26. The summed E-state index contributed by atoms with van der Waals surface area (Å²) in [5, 5.41) is 13.2. The third-order valence-electron chi connectivity index (χ3n) is 3.50. The number of carbonyl (C=O) groups excluding carboxylic acids is 2. The largest absolute Gasteiger partial charge is 0.466 e. The van der Waals surface area contributed by atoms with Crippen LogP contribution in [0.1, 0.15) is 21.9 Å². The molecule has 8 heteroatoms. The summed E-state index contributed by atoms with van der Waals surface area (Å²) in [5.74, 6) is 0.756. The number of nitrogens with one attached hydrogen (secondary N) is 3. The van der Waals surface area contributed by atoms with Gasteiger partial charge < -0.3 is 15.1 Å². The molecule has 0 aliphatic heterocycles. The summed E-state index contributed by atoms with van der Waals surface area (Å²) in [5.41, 5.74) is 1.06. The summed E-state index contributed by atoms with van der Waals surface area (Å²) >= 11 is 6.04. The maximum absolute atomic E-state index is 12.1. The molecule has 0 atom stereocenters. The van der Waals surface area contributed by atoms with Gasteiger partial charge in [-0.15, -0.1) is 0 Å². The van der Waals surface area contributed by atoms with Crippen molar-refractivity contribution in [3.63, 3.8) is 0 Å². The third-order valence-corrected chi connectivity index (χ3v) is 3.82. The Hall–Kier alpha value is -2.80. The van der Waals surface area contributed by atoms with Crippen LogP contribution in [0.5, 0.6) is 0 Å². The number of fused-ring (bicyclic) bond motifs is 1. The predicted molar refractivity (Wildman–Crippen MR) is 90.2 cm³/mol. The topological polar surface area (TPSA) is 100 Å². The van der Waals surface area contributed by atoms with E-state index in [1.54, 1.807) is 38.1 Å². The number of hydrogen-bond donors (Lipinski definition) is 3. The summed E-state index contributed by atoms with van der Waals surface area (Å²) in [7, 11) is 0. The highest BCUT2D eigenvalue weighted by Gasteiger charge is 2.15. The Morgan fingerprint density at radius 1 is 1.33 bits per heavy atom. The zero-order chi connectivity index (χ0) is 17.3. The van der Waals surface area contributed by atoms with Crippen molar-refractivity contribution in [1.29, 1.82) is 0 Å². The number of aryl methyl sites for hydroxylation is 2. The van der Waals surface area contributed by atoms with Gasteiger partial charge in [0, 0.05) is 5.39 Å². The lowest BCUT2D eigenvalue weighted by atomic mass is 10.2. The van der Waals surface area contributed by atoms with Crippen LogP contribution in [-0.2, 0) is 4.79 Å². The van der Waals surface area contributed by atoms with Crippen LogP contribution in [0.4, 0.5) is 5.82 Å². The normalized spacial score (nSPS) is 10.8. The molecule has 1 aromatic carbocycles. The van der Waals surface area contributed by atoms with Crippen molar-refractivity contribution >= 4 is 40.1 Å². The van der Waals surface area contributed by atoms with Gasteiger partial charge in [0.05, 0.1) is 22.6 Å². The fourth-order valence-electron chi connectivity index (χ4n) is 2.39. The number of anilines is 1. The molecule has 3 rings (SSSR count). The highest BCUT2D eigenvalue weighted by Crippen LogP contribution is 2.26. The number of carbonyl (C=O) groups is 2. The predicted octanol–water partition coefficient (Wildman–Crippen LogP) is 2.79. The number of nitrogens with zero attached hydrogens (tertiary/aromatic N) is 1. The van der Waals surface area contributed by atoms with E-state index in [2.05, 4.69) is 20.8 Å². The van der Waals surface area contributed by atoms with E-state index in [9.17, 15) is 9.59 Å². The Morgan fingerprint density at radius 3 is 2.83 bits per heavy atom. The number of H-pyrrole nitrogens is 1. The molecule has 0 bridgehead atoms. The highest BCUT2D eigenvalue weighted by molar-refractivity contribution is 6.35. The SMILES string of the molecule is Cc1cc(C(=O)NCC(=O)Nc2n[nH]c3c(Cl)cccc23)c(C)o1. The van der Waals surface area contributed by atoms with Crippen LogP contribution in [0.25, 0.3) is 10.9 Å². The maximum atomic E-state index is 12.1. The van der Waals surface area contributed by atoms with Gasteiger partial charge in [-0.3, -0.25) is 14.7 Å². The second-order valence-corrected chi connectivity index (χ2v) is 5.70. The minimum atomic E-state index is -0.394. The first kappa shape index (κ1) is 16.1. The number of benzene rings is 1. The lowest BCUT2D eigenvalue weighted by Crippen LogP contribution is -2.33. The standard InChI is InChI=1S/C16H15ClN4O3/c1-8-6-11(9(2)24-8)16(23)18-7-13(22)19-15-10-4-3-5-12(17)14(10)20-21-15/h3-6H,7H2,1-2H3,(H,18,23)(H2,19,20,21,22). The molecule has 0 saturated heterocycles. The summed E-state index contributed by atoms with van der Waals surface area (Å²) in [6, 6.07) is 6.91. The van der Waals surface area contributed by atoms with E-state index in [-0.39, 0.29) is 12.5 Å². The first-order valence-corrected chi connectivity index (χ1v) is 7.61. The van der Waals surface area contributed by atoms with Crippen LogP contribution < -0.4 is 10.6 Å². The van der Waals surface area contributed by atoms with E-state index in [0.717, 1.165) is 0 Å². The lowest BCUT2D eigenvalue weighted by molar-refractivity contribution is -0.115. The Bertz CT molecular complexity index is 929. The van der Waals surface area contributed by atoms with E-state index in [1.807, 2.05) is 0 Å². The molecule has 0 aliphatic rings. The van der Waals surface area contributed by atoms with Crippen LogP contribution in [0.15, 0.2) is 28.7 Å². The number of furan rings is 1. The minimum Gasteiger partial charge on any atom is -0.466 e. The fourth-order valence-corrected chi connectivity index (χ4v) is 2.61. The molecular formula is C16H15ClN4O3. The zero-order valence-electron chi connectivity index (χ0n) is 13.1. The molecule has 0 fully saturated rings. The molecule has 2 aromatic heterocycles. The molecule has 0 spiro atoms. The molecule has 3 aromatic rings. The van der Waals surface area contributed by atoms with Crippen molar-refractivity contribution in [3.8, 4) is 0 Å². The van der Waals surface area contributed by atoms with Crippen molar-refractivity contribution < 1.29 is 14.0 Å². The number of para-hydroxylation sites is 1. The molecule has 7 nitrogen and oxygen atoms in total. The molecular weight excluding hydrogens is 332 g/mol. The first-order valence-electron chi connectivity index (χ1n) is 7.23. The van der Waals surface area contributed by atoms with E-state index in [4.69, 9.17) is 16.0 Å². The van der Waals surface area contributed by atoms with E-state index in [0.29, 0.717) is 38.8 Å². The van der Waals surface area contributed by atoms with Crippen molar-refractivity contribution in [1.82, 2.24) is 15.5 Å². The van der Waals surface area contributed by atoms with E-state index in [1.165, 1.54) is 0 Å². The molecule has 0 radical (unpaired) electrons. The number of aromatic amines is 1. The smallest absolute Gasteiger partial charge is 0.255 e.